The van der Waals surface area contributed by atoms with Gasteiger partial charge in [0.2, 0.25) is 5.91 Å². The molecule has 0 fully saturated rings. The molecule has 2 nitrogen and oxygen atoms in total. The lowest BCUT2D eigenvalue weighted by Gasteiger charge is -2.27. The number of anilines is 1. The van der Waals surface area contributed by atoms with Crippen LogP contribution in [0.1, 0.15) is 30.4 Å². The van der Waals surface area contributed by atoms with Crippen molar-refractivity contribution in [1.29, 1.82) is 0 Å². The van der Waals surface area contributed by atoms with Crippen molar-refractivity contribution >= 4 is 23.4 Å². The fourth-order valence-electron chi connectivity index (χ4n) is 2.63. The van der Waals surface area contributed by atoms with E-state index in [-0.39, 0.29) is 5.91 Å². The van der Waals surface area contributed by atoms with Gasteiger partial charge in [0.1, 0.15) is 0 Å². The van der Waals surface area contributed by atoms with Gasteiger partial charge in [0.05, 0.1) is 11.4 Å². The number of carbonyl (C=O) groups is 1. The molecule has 0 bridgehead atoms. The summed E-state index contributed by atoms with van der Waals surface area (Å²) in [5, 5.41) is 0. The number of hydrogen-bond donors (Lipinski definition) is 0. The molecular formula is C16H21NOS. The van der Waals surface area contributed by atoms with E-state index >= 15 is 0 Å². The summed E-state index contributed by atoms with van der Waals surface area (Å²) in [6.07, 6.45) is 7.44. The van der Waals surface area contributed by atoms with E-state index in [1.807, 2.05) is 11.2 Å². The van der Waals surface area contributed by atoms with E-state index in [0.717, 1.165) is 24.9 Å². The van der Waals surface area contributed by atoms with Crippen LogP contribution in [0.25, 0.3) is 0 Å². The molecule has 0 radical (unpaired) electrons. The van der Waals surface area contributed by atoms with Gasteiger partial charge in [-0.15, -0.1) is 0 Å². The first-order valence-electron chi connectivity index (χ1n) is 6.72. The molecule has 1 aromatic rings. The summed E-state index contributed by atoms with van der Waals surface area (Å²) in [4.78, 5) is 14.5. The molecule has 19 heavy (non-hydrogen) atoms. The van der Waals surface area contributed by atoms with E-state index in [0.29, 0.717) is 5.75 Å². The van der Waals surface area contributed by atoms with Crippen molar-refractivity contribution in [3.05, 3.63) is 41.1 Å². The minimum absolute atomic E-state index is 0.193. The van der Waals surface area contributed by atoms with Crippen molar-refractivity contribution < 1.29 is 4.79 Å². The van der Waals surface area contributed by atoms with Crippen molar-refractivity contribution in [1.82, 2.24) is 0 Å². The Kier molecular flexibility index (Phi) is 4.70. The van der Waals surface area contributed by atoms with Crippen molar-refractivity contribution in [3.8, 4) is 0 Å². The van der Waals surface area contributed by atoms with Crippen LogP contribution >= 0.6 is 11.8 Å². The summed E-state index contributed by atoms with van der Waals surface area (Å²) in [7, 11) is 0. The van der Waals surface area contributed by atoms with Crippen LogP contribution in [0.4, 0.5) is 5.69 Å². The molecule has 1 amide bonds. The summed E-state index contributed by atoms with van der Waals surface area (Å²) in [6.45, 7) is 4.16. The van der Waals surface area contributed by atoms with Gasteiger partial charge in [0, 0.05) is 5.70 Å². The second kappa shape index (κ2) is 6.29. The molecular weight excluding hydrogens is 254 g/mol. The first-order chi connectivity index (χ1) is 9.15. The Hall–Kier alpha value is -1.22. The van der Waals surface area contributed by atoms with Crippen molar-refractivity contribution in [2.45, 2.75) is 33.1 Å². The second-order valence-corrected chi connectivity index (χ2v) is 5.86. The zero-order valence-electron chi connectivity index (χ0n) is 11.9. The third-order valence-corrected chi connectivity index (χ3v) is 4.02. The molecule has 1 aliphatic carbocycles. The Bertz CT molecular complexity index is 487. The molecule has 0 N–H and O–H groups in total. The van der Waals surface area contributed by atoms with Crippen molar-refractivity contribution in [2.24, 2.45) is 0 Å². The van der Waals surface area contributed by atoms with Crippen molar-refractivity contribution in [3.63, 3.8) is 0 Å². The molecule has 102 valence electrons. The maximum Gasteiger partial charge on any atom is 0.241 e. The summed E-state index contributed by atoms with van der Waals surface area (Å²) in [5.41, 5.74) is 4.59. The molecule has 2 rings (SSSR count). The average Bonchev–Trinajstić information content (AvgIpc) is 2.87. The Balaban J connectivity index is 2.45. The average molecular weight is 275 g/mol. The number of hydrogen-bond acceptors (Lipinski definition) is 2. The number of thioether (sulfide) groups is 1. The molecule has 0 heterocycles. The maximum absolute atomic E-state index is 12.5. The number of aryl methyl sites for hydroxylation is 2. The smallest absolute Gasteiger partial charge is 0.241 e. The van der Waals surface area contributed by atoms with Gasteiger partial charge in [-0.05, 0) is 50.5 Å². The molecule has 0 spiro atoms. The molecule has 0 saturated heterocycles. The van der Waals surface area contributed by atoms with Gasteiger partial charge in [-0.3, -0.25) is 9.69 Å². The maximum atomic E-state index is 12.5. The monoisotopic (exact) mass is 275 g/mol. The number of carbonyl (C=O) groups excluding carboxylic acids is 1. The van der Waals surface area contributed by atoms with Crippen LogP contribution in [0.15, 0.2) is 30.0 Å². The lowest BCUT2D eigenvalue weighted by molar-refractivity contribution is -0.115. The van der Waals surface area contributed by atoms with Crippen LogP contribution in [0.2, 0.25) is 0 Å². The molecule has 3 heteroatoms. The molecule has 0 unspecified atom stereocenters. The first-order valence-corrected chi connectivity index (χ1v) is 8.11. The van der Waals surface area contributed by atoms with Gasteiger partial charge in [0.15, 0.2) is 0 Å². The van der Waals surface area contributed by atoms with Gasteiger partial charge in [-0.2, -0.15) is 11.8 Å². The van der Waals surface area contributed by atoms with Gasteiger partial charge in [0.25, 0.3) is 0 Å². The van der Waals surface area contributed by atoms with E-state index < -0.39 is 0 Å². The van der Waals surface area contributed by atoms with Crippen LogP contribution in [0, 0.1) is 13.8 Å². The molecule has 1 aromatic carbocycles. The van der Waals surface area contributed by atoms with E-state index in [1.54, 1.807) is 11.8 Å². The predicted octanol–water partition coefficient (Wildman–Crippen LogP) is 4.07. The predicted molar refractivity (Wildman–Crippen MR) is 83.7 cm³/mol. The topological polar surface area (TPSA) is 20.3 Å². The Labute approximate surface area is 119 Å². The number of para-hydroxylation sites is 1. The molecule has 0 atom stereocenters. The SMILES string of the molecule is CSCC(=O)N(C1=CCCC1)c1c(C)cccc1C. The van der Waals surface area contributed by atoms with Crippen LogP contribution in [-0.2, 0) is 4.79 Å². The lowest BCUT2D eigenvalue weighted by atomic mass is 10.1. The van der Waals surface area contributed by atoms with Crippen molar-refractivity contribution in [2.75, 3.05) is 16.9 Å². The zero-order chi connectivity index (χ0) is 13.8. The van der Waals surface area contributed by atoms with E-state index in [4.69, 9.17) is 0 Å². The highest BCUT2D eigenvalue weighted by Gasteiger charge is 2.24. The standard InChI is InChI=1S/C16H21NOS/c1-12-7-6-8-13(2)16(12)17(15(18)11-19-3)14-9-4-5-10-14/h6-9H,4-5,10-11H2,1-3H3. The third-order valence-electron chi connectivity index (χ3n) is 3.48. The quantitative estimate of drug-likeness (QED) is 0.825. The number of benzene rings is 1. The summed E-state index contributed by atoms with van der Waals surface area (Å²) >= 11 is 1.58. The molecule has 0 aliphatic heterocycles. The van der Waals surface area contributed by atoms with Gasteiger partial charge in [-0.25, -0.2) is 0 Å². The van der Waals surface area contributed by atoms with Crippen LogP contribution in [0.5, 0.6) is 0 Å². The normalized spacial score (nSPS) is 14.4. The molecule has 0 aromatic heterocycles. The highest BCUT2D eigenvalue weighted by molar-refractivity contribution is 7.99. The minimum atomic E-state index is 0.193. The fourth-order valence-corrected chi connectivity index (χ4v) is 3.01. The summed E-state index contributed by atoms with van der Waals surface area (Å²) < 4.78 is 0. The minimum Gasteiger partial charge on any atom is -0.284 e. The van der Waals surface area contributed by atoms with Crippen LogP contribution in [0.3, 0.4) is 0 Å². The summed E-state index contributed by atoms with van der Waals surface area (Å²) in [5.74, 6) is 0.725. The van der Waals surface area contributed by atoms with E-state index in [1.165, 1.54) is 16.8 Å². The van der Waals surface area contributed by atoms with Gasteiger partial charge >= 0.3 is 0 Å². The number of nitrogens with zero attached hydrogens (tertiary/aromatic N) is 1. The first kappa shape index (κ1) is 14.2. The Morgan fingerprint density at radius 1 is 1.32 bits per heavy atom. The zero-order valence-corrected chi connectivity index (χ0v) is 12.7. The fraction of sp³-hybridized carbons (Fsp3) is 0.438. The van der Waals surface area contributed by atoms with Crippen LogP contribution < -0.4 is 4.90 Å². The third kappa shape index (κ3) is 3.03. The Morgan fingerprint density at radius 2 is 2.00 bits per heavy atom. The van der Waals surface area contributed by atoms with E-state index in [2.05, 4.69) is 38.1 Å². The highest BCUT2D eigenvalue weighted by Crippen LogP contribution is 2.32. The second-order valence-electron chi connectivity index (χ2n) is 4.99. The lowest BCUT2D eigenvalue weighted by Crippen LogP contribution is -2.32. The van der Waals surface area contributed by atoms with E-state index in [9.17, 15) is 4.79 Å². The van der Waals surface area contributed by atoms with Crippen LogP contribution in [-0.4, -0.2) is 17.9 Å². The molecule has 1 aliphatic rings. The van der Waals surface area contributed by atoms with Gasteiger partial charge < -0.3 is 0 Å². The molecule has 0 saturated carbocycles. The number of amides is 1. The summed E-state index contributed by atoms with van der Waals surface area (Å²) in [6, 6.07) is 6.21. The Morgan fingerprint density at radius 3 is 2.53 bits per heavy atom. The largest absolute Gasteiger partial charge is 0.284 e. The number of rotatable bonds is 4. The van der Waals surface area contributed by atoms with Gasteiger partial charge in [-0.1, -0.05) is 24.3 Å². The number of allylic oxidation sites excluding steroid dienone is 2. The highest BCUT2D eigenvalue weighted by atomic mass is 32.2.